The van der Waals surface area contributed by atoms with Crippen molar-refractivity contribution in [3.05, 3.63) is 69.5 Å². The van der Waals surface area contributed by atoms with Crippen LogP contribution in [0.4, 0.5) is 5.69 Å². The maximum Gasteiger partial charge on any atom is 0.232 e. The molecule has 1 aromatic heterocycles. The van der Waals surface area contributed by atoms with Crippen molar-refractivity contribution in [3.63, 3.8) is 0 Å². The average molecular weight is 435 g/mol. The summed E-state index contributed by atoms with van der Waals surface area (Å²) in [4.78, 5) is 12.4. The van der Waals surface area contributed by atoms with E-state index in [4.69, 9.17) is 23.2 Å². The van der Waals surface area contributed by atoms with Crippen LogP contribution in [0.1, 0.15) is 23.9 Å². The summed E-state index contributed by atoms with van der Waals surface area (Å²) >= 11 is 13.7. The third-order valence-electron chi connectivity index (χ3n) is 4.14. The van der Waals surface area contributed by atoms with E-state index < -0.39 is 0 Å². The molecular formula is C20H20Cl2N4OS. The number of aromatic nitrogens is 3. The number of rotatable bonds is 7. The molecule has 0 atom stereocenters. The molecule has 0 fully saturated rings. The lowest BCUT2D eigenvalue weighted by atomic mass is 10.2. The molecule has 0 unspecified atom stereocenters. The lowest BCUT2D eigenvalue weighted by molar-refractivity contribution is -0.115. The standard InChI is InChI=1S/C20H20Cl2N4OS/c1-3-26-18(11-19(27)23-16-8-4-13(2)5-9-16)24-25-20(26)28-12-14-6-7-15(21)10-17(14)22/h4-10H,3,11-12H2,1-2H3,(H,23,27). The molecule has 0 aliphatic rings. The Morgan fingerprint density at radius 1 is 1.14 bits per heavy atom. The first-order chi connectivity index (χ1) is 13.5. The van der Waals surface area contributed by atoms with E-state index >= 15 is 0 Å². The van der Waals surface area contributed by atoms with Gasteiger partial charge in [-0.25, -0.2) is 0 Å². The second-order valence-corrected chi connectivity index (χ2v) is 8.04. The minimum Gasteiger partial charge on any atom is -0.326 e. The number of amides is 1. The van der Waals surface area contributed by atoms with Crippen molar-refractivity contribution in [1.82, 2.24) is 14.8 Å². The number of aryl methyl sites for hydroxylation is 1. The van der Waals surface area contributed by atoms with Crippen molar-refractivity contribution in [2.75, 3.05) is 5.32 Å². The number of thioether (sulfide) groups is 1. The van der Waals surface area contributed by atoms with E-state index in [0.717, 1.165) is 22.0 Å². The Morgan fingerprint density at radius 3 is 2.57 bits per heavy atom. The predicted octanol–water partition coefficient (Wildman–Crippen LogP) is 5.39. The van der Waals surface area contributed by atoms with Crippen LogP contribution in [0.15, 0.2) is 47.6 Å². The van der Waals surface area contributed by atoms with E-state index in [1.165, 1.54) is 11.8 Å². The Hall–Kier alpha value is -2.02. The molecule has 5 nitrogen and oxygen atoms in total. The first-order valence-corrected chi connectivity index (χ1v) is 10.6. The summed E-state index contributed by atoms with van der Waals surface area (Å²) in [5, 5.41) is 13.3. The molecule has 0 bridgehead atoms. The quantitative estimate of drug-likeness (QED) is 0.506. The van der Waals surface area contributed by atoms with Crippen LogP contribution in [0.3, 0.4) is 0 Å². The van der Waals surface area contributed by atoms with Crippen LogP contribution < -0.4 is 5.32 Å². The van der Waals surface area contributed by atoms with Gasteiger partial charge in [-0.1, -0.05) is 58.7 Å². The Balaban J connectivity index is 1.65. The normalized spacial score (nSPS) is 10.9. The highest BCUT2D eigenvalue weighted by Crippen LogP contribution is 2.28. The zero-order valence-electron chi connectivity index (χ0n) is 15.6. The fraction of sp³-hybridized carbons (Fsp3) is 0.250. The number of nitrogens with one attached hydrogen (secondary N) is 1. The molecule has 8 heteroatoms. The van der Waals surface area contributed by atoms with Gasteiger partial charge in [0.15, 0.2) is 5.16 Å². The molecule has 2 aromatic carbocycles. The SMILES string of the molecule is CCn1c(CC(=O)Nc2ccc(C)cc2)nnc1SCc1ccc(Cl)cc1Cl. The number of carbonyl (C=O) groups is 1. The van der Waals surface area contributed by atoms with Crippen LogP contribution in [-0.4, -0.2) is 20.7 Å². The second-order valence-electron chi connectivity index (χ2n) is 6.26. The van der Waals surface area contributed by atoms with Crippen molar-refractivity contribution >= 4 is 46.6 Å². The van der Waals surface area contributed by atoms with E-state index in [2.05, 4.69) is 15.5 Å². The molecule has 0 aliphatic carbocycles. The Morgan fingerprint density at radius 2 is 1.89 bits per heavy atom. The largest absolute Gasteiger partial charge is 0.326 e. The number of halogens is 2. The molecule has 1 heterocycles. The maximum absolute atomic E-state index is 12.4. The van der Waals surface area contributed by atoms with Crippen LogP contribution in [-0.2, 0) is 23.5 Å². The molecule has 1 amide bonds. The fourth-order valence-corrected chi connectivity index (χ4v) is 4.22. The summed E-state index contributed by atoms with van der Waals surface area (Å²) in [5.74, 6) is 1.16. The Labute approximate surface area is 178 Å². The molecule has 3 rings (SSSR count). The van der Waals surface area contributed by atoms with Gasteiger partial charge >= 0.3 is 0 Å². The molecule has 0 spiro atoms. The van der Waals surface area contributed by atoms with Gasteiger partial charge in [0.25, 0.3) is 0 Å². The zero-order valence-corrected chi connectivity index (χ0v) is 17.9. The van der Waals surface area contributed by atoms with Gasteiger partial charge in [0.05, 0.1) is 6.42 Å². The number of anilines is 1. The first-order valence-electron chi connectivity index (χ1n) is 8.81. The van der Waals surface area contributed by atoms with Gasteiger partial charge in [-0.05, 0) is 43.7 Å². The average Bonchev–Trinajstić information content (AvgIpc) is 3.04. The lowest BCUT2D eigenvalue weighted by Crippen LogP contribution is -2.17. The molecule has 1 N–H and O–H groups in total. The van der Waals surface area contributed by atoms with E-state index in [0.29, 0.717) is 28.2 Å². The van der Waals surface area contributed by atoms with Crippen LogP contribution in [0.5, 0.6) is 0 Å². The van der Waals surface area contributed by atoms with E-state index in [1.807, 2.05) is 54.8 Å². The van der Waals surface area contributed by atoms with Gasteiger partial charge in [-0.3, -0.25) is 4.79 Å². The van der Waals surface area contributed by atoms with Crippen LogP contribution in [0.2, 0.25) is 10.0 Å². The topological polar surface area (TPSA) is 59.8 Å². The maximum atomic E-state index is 12.4. The van der Waals surface area contributed by atoms with Crippen LogP contribution >= 0.6 is 35.0 Å². The summed E-state index contributed by atoms with van der Waals surface area (Å²) in [5.41, 5.74) is 2.89. The minimum absolute atomic E-state index is 0.122. The van der Waals surface area contributed by atoms with E-state index in [1.54, 1.807) is 6.07 Å². The van der Waals surface area contributed by atoms with Crippen LogP contribution in [0.25, 0.3) is 0 Å². The van der Waals surface area contributed by atoms with Crippen LogP contribution in [0, 0.1) is 6.92 Å². The molecule has 28 heavy (non-hydrogen) atoms. The van der Waals surface area contributed by atoms with Crippen molar-refractivity contribution in [3.8, 4) is 0 Å². The molecular weight excluding hydrogens is 415 g/mol. The number of benzene rings is 2. The highest BCUT2D eigenvalue weighted by molar-refractivity contribution is 7.98. The molecule has 0 aliphatic heterocycles. The smallest absolute Gasteiger partial charge is 0.232 e. The zero-order chi connectivity index (χ0) is 20.1. The molecule has 0 saturated heterocycles. The van der Waals surface area contributed by atoms with Crippen molar-refractivity contribution in [1.29, 1.82) is 0 Å². The monoisotopic (exact) mass is 434 g/mol. The summed E-state index contributed by atoms with van der Waals surface area (Å²) < 4.78 is 1.95. The summed E-state index contributed by atoms with van der Waals surface area (Å²) in [6.45, 7) is 4.69. The first kappa shape index (κ1) is 20.7. The molecule has 146 valence electrons. The van der Waals surface area contributed by atoms with E-state index in [-0.39, 0.29) is 12.3 Å². The second kappa shape index (κ2) is 9.45. The predicted molar refractivity (Wildman–Crippen MR) is 115 cm³/mol. The lowest BCUT2D eigenvalue weighted by Gasteiger charge is -2.09. The van der Waals surface area contributed by atoms with Gasteiger partial charge in [0, 0.05) is 28.0 Å². The van der Waals surface area contributed by atoms with Crippen molar-refractivity contribution < 1.29 is 4.79 Å². The Bertz CT molecular complexity index is 973. The van der Waals surface area contributed by atoms with Crippen molar-refractivity contribution in [2.45, 2.75) is 37.7 Å². The fourth-order valence-electron chi connectivity index (χ4n) is 2.64. The van der Waals surface area contributed by atoms with Gasteiger partial charge in [0.2, 0.25) is 5.91 Å². The van der Waals surface area contributed by atoms with Gasteiger partial charge < -0.3 is 9.88 Å². The molecule has 3 aromatic rings. The summed E-state index contributed by atoms with van der Waals surface area (Å²) in [7, 11) is 0. The summed E-state index contributed by atoms with van der Waals surface area (Å²) in [6, 6.07) is 13.1. The van der Waals surface area contributed by atoms with Gasteiger partial charge in [-0.2, -0.15) is 0 Å². The highest BCUT2D eigenvalue weighted by Gasteiger charge is 2.15. The minimum atomic E-state index is -0.122. The van der Waals surface area contributed by atoms with Crippen molar-refractivity contribution in [2.24, 2.45) is 0 Å². The third-order valence-corrected chi connectivity index (χ3v) is 5.74. The number of hydrogen-bond acceptors (Lipinski definition) is 4. The summed E-state index contributed by atoms with van der Waals surface area (Å²) in [6.07, 6.45) is 0.164. The number of carbonyl (C=O) groups excluding carboxylic acids is 1. The molecule has 0 saturated carbocycles. The van der Waals surface area contributed by atoms with E-state index in [9.17, 15) is 4.79 Å². The Kier molecular flexibility index (Phi) is 6.99. The molecule has 0 radical (unpaired) electrons. The number of nitrogens with zero attached hydrogens (tertiary/aromatic N) is 3. The highest BCUT2D eigenvalue weighted by atomic mass is 35.5. The third kappa shape index (κ3) is 5.28. The van der Waals surface area contributed by atoms with Gasteiger partial charge in [-0.15, -0.1) is 10.2 Å². The number of hydrogen-bond donors (Lipinski definition) is 1. The van der Waals surface area contributed by atoms with Gasteiger partial charge in [0.1, 0.15) is 5.82 Å².